The predicted octanol–water partition coefficient (Wildman–Crippen LogP) is 5.41. The second kappa shape index (κ2) is 14.3. The number of amides is 2. The molecule has 13 heteroatoms. The number of nitrogens with one attached hydrogen (secondary N) is 1. The average molecular weight is 615 g/mol. The maximum Gasteiger partial charge on any atom is 0.415 e. The van der Waals surface area contributed by atoms with Gasteiger partial charge in [-0.05, 0) is 63.4 Å². The van der Waals surface area contributed by atoms with Gasteiger partial charge in [-0.1, -0.05) is 23.7 Å². The van der Waals surface area contributed by atoms with Crippen molar-refractivity contribution in [1.82, 2.24) is 14.9 Å². The normalized spacial score (nSPS) is 13.5. The summed E-state index contributed by atoms with van der Waals surface area (Å²) in [6, 6.07) is 9.00. The third-order valence-corrected chi connectivity index (χ3v) is 8.20. The molecule has 0 radical (unpaired) electrons. The van der Waals surface area contributed by atoms with E-state index in [4.69, 9.17) is 16.3 Å². The van der Waals surface area contributed by atoms with Crippen molar-refractivity contribution >= 4 is 58.4 Å². The van der Waals surface area contributed by atoms with Crippen LogP contribution in [0.2, 0.25) is 4.34 Å². The fraction of sp³-hybridized carbons (Fsp3) is 0.414. The first-order valence-electron chi connectivity index (χ1n) is 14.0. The van der Waals surface area contributed by atoms with Crippen LogP contribution in [0.1, 0.15) is 48.8 Å². The Morgan fingerprint density at radius 1 is 1.07 bits per heavy atom. The van der Waals surface area contributed by atoms with Crippen LogP contribution in [0.4, 0.5) is 22.2 Å². The van der Waals surface area contributed by atoms with Crippen LogP contribution in [-0.4, -0.2) is 76.7 Å². The highest BCUT2D eigenvalue weighted by Gasteiger charge is 2.27. The van der Waals surface area contributed by atoms with Crippen molar-refractivity contribution in [2.24, 2.45) is 0 Å². The van der Waals surface area contributed by atoms with E-state index in [0.29, 0.717) is 64.9 Å². The van der Waals surface area contributed by atoms with Crippen molar-refractivity contribution in [2.45, 2.75) is 46.1 Å². The Kier molecular flexibility index (Phi) is 10.6. The number of anilines is 3. The molecule has 1 aliphatic heterocycles. The number of thiophene rings is 1. The van der Waals surface area contributed by atoms with Crippen molar-refractivity contribution in [1.29, 1.82) is 0 Å². The highest BCUT2D eigenvalue weighted by Crippen LogP contribution is 2.30. The standard InChI is InChI=1S/C29H35ClN6O5S/c1-4-34(5-2)28-31-18-22(36(6-3)26(37)23-13-14-24(30)42-23)25(33-28)32-21(27(38)39)17-19-9-11-20(12-10-19)41-29(40)35-15-7-8-16-35/h9-14,18,21H,4-8,15-17H2,1-3H3,(H,38,39)(H,31,32,33). The number of hydrogen-bond acceptors (Lipinski definition) is 9. The van der Waals surface area contributed by atoms with E-state index < -0.39 is 12.0 Å². The minimum absolute atomic E-state index is 0.111. The Morgan fingerprint density at radius 3 is 2.33 bits per heavy atom. The maximum absolute atomic E-state index is 13.4. The molecule has 2 N–H and O–H groups in total. The van der Waals surface area contributed by atoms with Crippen LogP contribution in [0.3, 0.4) is 0 Å². The number of aliphatic carboxylic acids is 1. The number of rotatable bonds is 12. The SMILES string of the molecule is CCN(CC)c1ncc(N(CC)C(=O)c2ccc(Cl)s2)c(NC(Cc2ccc(OC(=O)N3CCCC3)cc2)C(=O)O)n1. The summed E-state index contributed by atoms with van der Waals surface area (Å²) in [6.07, 6.45) is 3.21. The Labute approximate surface area is 254 Å². The van der Waals surface area contributed by atoms with Gasteiger partial charge in [0.2, 0.25) is 5.95 Å². The number of ether oxygens (including phenoxy) is 1. The van der Waals surface area contributed by atoms with E-state index >= 15 is 0 Å². The van der Waals surface area contributed by atoms with Crippen LogP contribution in [-0.2, 0) is 11.2 Å². The molecule has 1 unspecified atom stereocenters. The first-order valence-corrected chi connectivity index (χ1v) is 15.2. The summed E-state index contributed by atoms with van der Waals surface area (Å²) in [6.45, 7) is 8.74. The van der Waals surface area contributed by atoms with E-state index in [1.54, 1.807) is 47.5 Å². The van der Waals surface area contributed by atoms with Crippen molar-refractivity contribution < 1.29 is 24.2 Å². The van der Waals surface area contributed by atoms with E-state index in [2.05, 4.69) is 15.3 Å². The molecular weight excluding hydrogens is 580 g/mol. The third kappa shape index (κ3) is 7.48. The number of nitrogens with zero attached hydrogens (tertiary/aromatic N) is 5. The molecule has 11 nitrogen and oxygen atoms in total. The molecular formula is C29H35ClN6O5S. The zero-order valence-corrected chi connectivity index (χ0v) is 25.5. The Hall–Kier alpha value is -3.90. The molecule has 2 amide bonds. The smallest absolute Gasteiger partial charge is 0.415 e. The van der Waals surface area contributed by atoms with Gasteiger partial charge in [-0.25, -0.2) is 14.6 Å². The van der Waals surface area contributed by atoms with E-state index in [9.17, 15) is 19.5 Å². The lowest BCUT2D eigenvalue weighted by atomic mass is 10.1. The minimum Gasteiger partial charge on any atom is -0.480 e. The second-order valence-electron chi connectivity index (χ2n) is 9.67. The topological polar surface area (TPSA) is 128 Å². The number of hydrogen-bond donors (Lipinski definition) is 2. The summed E-state index contributed by atoms with van der Waals surface area (Å²) < 4.78 is 5.95. The molecule has 4 rings (SSSR count). The van der Waals surface area contributed by atoms with Gasteiger partial charge in [0.15, 0.2) is 5.82 Å². The minimum atomic E-state index is -1.09. The average Bonchev–Trinajstić information content (AvgIpc) is 3.68. The molecule has 1 atom stereocenters. The molecule has 1 saturated heterocycles. The van der Waals surface area contributed by atoms with Gasteiger partial charge in [-0.3, -0.25) is 4.79 Å². The number of carbonyl (C=O) groups is 3. The number of halogens is 1. The molecule has 0 saturated carbocycles. The van der Waals surface area contributed by atoms with E-state index in [1.807, 2.05) is 25.7 Å². The Balaban J connectivity index is 1.58. The highest BCUT2D eigenvalue weighted by molar-refractivity contribution is 7.18. The third-order valence-electron chi connectivity index (χ3n) is 6.98. The van der Waals surface area contributed by atoms with Gasteiger partial charge in [0.05, 0.1) is 15.4 Å². The van der Waals surface area contributed by atoms with Crippen molar-refractivity contribution in [2.75, 3.05) is 47.8 Å². The van der Waals surface area contributed by atoms with E-state index in [-0.39, 0.29) is 24.2 Å². The number of carbonyl (C=O) groups excluding carboxylic acids is 2. The summed E-state index contributed by atoms with van der Waals surface area (Å²) in [5.41, 5.74) is 1.07. The van der Waals surface area contributed by atoms with Gasteiger partial charge < -0.3 is 29.9 Å². The number of carboxylic acid groups (broad SMARTS) is 1. The molecule has 3 heterocycles. The van der Waals surface area contributed by atoms with Gasteiger partial charge in [-0.2, -0.15) is 4.98 Å². The molecule has 0 spiro atoms. The highest BCUT2D eigenvalue weighted by atomic mass is 35.5. The zero-order valence-electron chi connectivity index (χ0n) is 23.9. The van der Waals surface area contributed by atoms with Crippen LogP contribution < -0.4 is 19.9 Å². The van der Waals surface area contributed by atoms with Crippen molar-refractivity contribution in [3.63, 3.8) is 0 Å². The summed E-state index contributed by atoms with van der Waals surface area (Å²) in [5.74, 6) is -0.339. The molecule has 0 bridgehead atoms. The lowest BCUT2D eigenvalue weighted by molar-refractivity contribution is -0.137. The molecule has 0 aliphatic carbocycles. The lowest BCUT2D eigenvalue weighted by Crippen LogP contribution is -2.36. The molecule has 224 valence electrons. The summed E-state index contributed by atoms with van der Waals surface area (Å²) >= 11 is 7.24. The van der Waals surface area contributed by atoms with Crippen LogP contribution in [0, 0.1) is 0 Å². The van der Waals surface area contributed by atoms with Crippen molar-refractivity contribution in [3.05, 3.63) is 57.4 Å². The largest absolute Gasteiger partial charge is 0.480 e. The number of carboxylic acids is 1. The second-order valence-corrected chi connectivity index (χ2v) is 11.4. The summed E-state index contributed by atoms with van der Waals surface area (Å²) in [4.78, 5) is 52.9. The number of likely N-dealkylation sites (tertiary alicyclic amines) is 1. The van der Waals surface area contributed by atoms with Crippen LogP contribution >= 0.6 is 22.9 Å². The monoisotopic (exact) mass is 614 g/mol. The molecule has 42 heavy (non-hydrogen) atoms. The molecule has 2 aromatic heterocycles. The van der Waals surface area contributed by atoms with Gasteiger partial charge >= 0.3 is 12.1 Å². The summed E-state index contributed by atoms with van der Waals surface area (Å²) in [7, 11) is 0. The van der Waals surface area contributed by atoms with Gasteiger partial charge in [0, 0.05) is 39.1 Å². The van der Waals surface area contributed by atoms with Crippen LogP contribution in [0.5, 0.6) is 5.75 Å². The fourth-order valence-corrected chi connectivity index (χ4v) is 5.67. The Morgan fingerprint density at radius 2 is 1.76 bits per heavy atom. The number of aromatic nitrogens is 2. The number of benzene rings is 1. The van der Waals surface area contributed by atoms with Crippen molar-refractivity contribution in [3.8, 4) is 5.75 Å². The maximum atomic E-state index is 13.4. The Bertz CT molecular complexity index is 1390. The molecule has 3 aromatic rings. The zero-order chi connectivity index (χ0) is 30.2. The van der Waals surface area contributed by atoms with Gasteiger partial charge in [-0.15, -0.1) is 11.3 Å². The van der Waals surface area contributed by atoms with Gasteiger partial charge in [0.1, 0.15) is 17.5 Å². The summed E-state index contributed by atoms with van der Waals surface area (Å²) in [5, 5.41) is 13.2. The van der Waals surface area contributed by atoms with Crippen LogP contribution in [0.15, 0.2) is 42.6 Å². The predicted molar refractivity (Wildman–Crippen MR) is 164 cm³/mol. The van der Waals surface area contributed by atoms with Crippen LogP contribution in [0.25, 0.3) is 0 Å². The first kappa shape index (κ1) is 31.0. The van der Waals surface area contributed by atoms with E-state index in [0.717, 1.165) is 24.2 Å². The first-order chi connectivity index (χ1) is 20.2. The van der Waals surface area contributed by atoms with E-state index in [1.165, 1.54) is 4.90 Å². The molecule has 1 aliphatic rings. The quantitative estimate of drug-likeness (QED) is 0.275. The fourth-order valence-electron chi connectivity index (χ4n) is 4.67. The lowest BCUT2D eigenvalue weighted by Gasteiger charge is -2.26. The molecule has 1 fully saturated rings. The van der Waals surface area contributed by atoms with Gasteiger partial charge in [0.25, 0.3) is 5.91 Å². The molecule has 1 aromatic carbocycles.